The Morgan fingerprint density at radius 2 is 1.75 bits per heavy atom. The Labute approximate surface area is 246 Å². The third-order valence-electron chi connectivity index (χ3n) is 5.80. The number of nitrogens with zero attached hydrogens (tertiary/aromatic N) is 1. The second-order valence-corrected chi connectivity index (χ2v) is 9.70. The fourth-order valence-electron chi connectivity index (χ4n) is 3.61. The van der Waals surface area contributed by atoms with E-state index in [-0.39, 0.29) is 18.1 Å². The van der Waals surface area contributed by atoms with E-state index in [1.807, 2.05) is 45.0 Å². The number of ether oxygens (including phenoxy) is 3. The van der Waals surface area contributed by atoms with E-state index >= 15 is 0 Å². The normalized spacial score (nSPS) is 10.8. The highest BCUT2D eigenvalue weighted by molar-refractivity contribution is 14.1. The molecule has 0 bridgehead atoms. The van der Waals surface area contributed by atoms with E-state index in [1.165, 1.54) is 37.5 Å². The quantitative estimate of drug-likeness (QED) is 0.125. The predicted molar refractivity (Wildman–Crippen MR) is 160 cm³/mol. The largest absolute Gasteiger partial charge is 0.490 e. The number of methoxy groups -OCH3 is 1. The lowest BCUT2D eigenvalue weighted by molar-refractivity contribution is -0.118. The molecule has 2 N–H and O–H groups in total. The Morgan fingerprint density at radius 1 is 1.02 bits per heavy atom. The monoisotopic (exact) mass is 653 g/mol. The minimum Gasteiger partial charge on any atom is -0.490 e. The van der Waals surface area contributed by atoms with Crippen LogP contribution in [0.25, 0.3) is 6.08 Å². The Bertz CT molecular complexity index is 1490. The number of benzene rings is 3. The molecular weight excluding hydrogens is 625 g/mol. The number of carbonyl (C=O) groups is 3. The summed E-state index contributed by atoms with van der Waals surface area (Å²) < 4.78 is 16.9. The molecule has 2 amide bonds. The highest BCUT2D eigenvalue weighted by atomic mass is 127. The molecule has 3 aromatic rings. The van der Waals surface area contributed by atoms with Crippen LogP contribution in [-0.4, -0.2) is 38.1 Å². The fourth-order valence-corrected chi connectivity index (χ4v) is 4.39. The van der Waals surface area contributed by atoms with E-state index in [9.17, 15) is 19.6 Å². The van der Waals surface area contributed by atoms with Crippen LogP contribution < -0.4 is 20.1 Å². The smallest absolute Gasteiger partial charge is 0.337 e. The molecule has 0 aliphatic heterocycles. The van der Waals surface area contributed by atoms with Gasteiger partial charge in [0.25, 0.3) is 11.8 Å². The summed E-state index contributed by atoms with van der Waals surface area (Å²) in [5, 5.41) is 15.1. The van der Waals surface area contributed by atoms with Crippen LogP contribution in [0.15, 0.2) is 60.2 Å². The Balaban J connectivity index is 1.76. The number of rotatable bonds is 10. The van der Waals surface area contributed by atoms with Gasteiger partial charge >= 0.3 is 5.97 Å². The molecule has 40 heavy (non-hydrogen) atoms. The van der Waals surface area contributed by atoms with E-state index < -0.39 is 11.9 Å². The van der Waals surface area contributed by atoms with Crippen molar-refractivity contribution in [1.29, 1.82) is 5.26 Å². The van der Waals surface area contributed by atoms with Gasteiger partial charge in [0.15, 0.2) is 18.1 Å². The Hall–Kier alpha value is -4.37. The molecular formula is C30H28IN3O6. The molecule has 0 fully saturated rings. The van der Waals surface area contributed by atoms with Gasteiger partial charge in [0.2, 0.25) is 0 Å². The maximum Gasteiger partial charge on any atom is 0.337 e. The zero-order chi connectivity index (χ0) is 29.2. The van der Waals surface area contributed by atoms with Gasteiger partial charge < -0.3 is 24.8 Å². The molecule has 9 nitrogen and oxygen atoms in total. The molecule has 0 saturated carbocycles. The highest BCUT2D eigenvalue weighted by Gasteiger charge is 2.16. The molecule has 0 radical (unpaired) electrons. The summed E-state index contributed by atoms with van der Waals surface area (Å²) >= 11 is 2.05. The summed E-state index contributed by atoms with van der Waals surface area (Å²) in [5.41, 5.74) is 3.90. The van der Waals surface area contributed by atoms with Gasteiger partial charge in [-0.25, -0.2) is 4.79 Å². The zero-order valence-corrected chi connectivity index (χ0v) is 24.6. The van der Waals surface area contributed by atoms with E-state index in [0.29, 0.717) is 38.5 Å². The molecule has 10 heteroatoms. The number of amides is 2. The molecule has 0 aromatic heterocycles. The number of halogens is 1. The van der Waals surface area contributed by atoms with Crippen LogP contribution in [0.5, 0.6) is 11.5 Å². The van der Waals surface area contributed by atoms with Crippen molar-refractivity contribution >= 4 is 57.8 Å². The summed E-state index contributed by atoms with van der Waals surface area (Å²) in [6.07, 6.45) is 1.43. The minimum atomic E-state index is -0.621. The van der Waals surface area contributed by atoms with Gasteiger partial charge in [-0.1, -0.05) is 12.1 Å². The minimum absolute atomic E-state index is 0.142. The van der Waals surface area contributed by atoms with Crippen LogP contribution in [0.3, 0.4) is 0 Å². The van der Waals surface area contributed by atoms with Crippen molar-refractivity contribution < 1.29 is 28.6 Å². The number of aryl methyl sites for hydroxylation is 1. The molecule has 0 aliphatic rings. The number of hydrogen-bond donors (Lipinski definition) is 2. The van der Waals surface area contributed by atoms with Crippen LogP contribution in [-0.2, 0) is 14.3 Å². The van der Waals surface area contributed by atoms with E-state index in [1.54, 1.807) is 12.1 Å². The molecule has 0 unspecified atom stereocenters. The molecule has 0 spiro atoms. The van der Waals surface area contributed by atoms with Gasteiger partial charge in [-0.15, -0.1) is 0 Å². The lowest BCUT2D eigenvalue weighted by atomic mass is 10.1. The van der Waals surface area contributed by atoms with Gasteiger partial charge in [-0.05, 0) is 109 Å². The maximum atomic E-state index is 12.8. The lowest BCUT2D eigenvalue weighted by Crippen LogP contribution is -2.21. The molecule has 0 saturated heterocycles. The van der Waals surface area contributed by atoms with Crippen molar-refractivity contribution in [2.24, 2.45) is 0 Å². The maximum absolute atomic E-state index is 12.8. The molecule has 3 aromatic carbocycles. The summed E-state index contributed by atoms with van der Waals surface area (Å²) in [4.78, 5) is 36.9. The number of hydrogen-bond acceptors (Lipinski definition) is 7. The molecule has 0 heterocycles. The van der Waals surface area contributed by atoms with E-state index in [4.69, 9.17) is 9.47 Å². The topological polar surface area (TPSA) is 127 Å². The second-order valence-electron chi connectivity index (χ2n) is 8.54. The van der Waals surface area contributed by atoms with Gasteiger partial charge in [-0.3, -0.25) is 9.59 Å². The predicted octanol–water partition coefficient (Wildman–Crippen LogP) is 5.66. The van der Waals surface area contributed by atoms with Gasteiger partial charge in [0, 0.05) is 11.4 Å². The van der Waals surface area contributed by atoms with Crippen LogP contribution >= 0.6 is 22.6 Å². The number of nitrogens with one attached hydrogen (secondary N) is 2. The first-order chi connectivity index (χ1) is 19.2. The number of esters is 1. The highest BCUT2D eigenvalue weighted by Crippen LogP contribution is 2.35. The van der Waals surface area contributed by atoms with Gasteiger partial charge in [0.05, 0.1) is 22.9 Å². The van der Waals surface area contributed by atoms with Crippen molar-refractivity contribution in [1.82, 2.24) is 0 Å². The number of carbonyl (C=O) groups excluding carboxylic acids is 3. The third kappa shape index (κ3) is 7.83. The number of nitriles is 1. The molecule has 3 rings (SSSR count). The summed E-state index contributed by atoms with van der Waals surface area (Å²) in [7, 11) is 1.28. The molecule has 0 aliphatic carbocycles. The van der Waals surface area contributed by atoms with E-state index in [2.05, 4.69) is 38.0 Å². The van der Waals surface area contributed by atoms with Crippen molar-refractivity contribution in [2.45, 2.75) is 20.8 Å². The summed E-state index contributed by atoms with van der Waals surface area (Å²) in [6.45, 7) is 5.82. The Kier molecular flexibility index (Phi) is 10.7. The standard InChI is InChI=1S/C30H28IN3O6/c1-5-39-26-15-20(13-22(16-32)29(36)33-23-11-9-21(10-12-23)30(37)38-4)14-24(31)28(26)40-17-27(35)34-25-8-6-7-18(2)19(25)3/h6-15H,5,17H2,1-4H3,(H,33,36)(H,34,35)/b22-13-. The van der Waals surface area contributed by atoms with E-state index in [0.717, 1.165) is 16.8 Å². The molecule has 206 valence electrons. The van der Waals surface area contributed by atoms with Crippen molar-refractivity contribution in [2.75, 3.05) is 31.0 Å². The number of anilines is 2. The second kappa shape index (κ2) is 14.1. The summed E-state index contributed by atoms with van der Waals surface area (Å²) in [6, 6.07) is 17.0. The van der Waals surface area contributed by atoms with Crippen LogP contribution in [0.2, 0.25) is 0 Å². The summed E-state index contributed by atoms with van der Waals surface area (Å²) in [5.74, 6) is -0.686. The molecule has 0 atom stereocenters. The van der Waals surface area contributed by atoms with Crippen molar-refractivity contribution in [3.8, 4) is 17.6 Å². The first-order valence-electron chi connectivity index (χ1n) is 12.2. The lowest BCUT2D eigenvalue weighted by Gasteiger charge is -2.15. The van der Waals surface area contributed by atoms with Crippen molar-refractivity contribution in [3.63, 3.8) is 0 Å². The van der Waals surface area contributed by atoms with Crippen LogP contribution in [0.4, 0.5) is 11.4 Å². The first kappa shape index (κ1) is 30.2. The average molecular weight is 653 g/mol. The zero-order valence-electron chi connectivity index (χ0n) is 22.5. The Morgan fingerprint density at radius 3 is 2.40 bits per heavy atom. The fraction of sp³-hybridized carbons (Fsp3) is 0.200. The van der Waals surface area contributed by atoms with Crippen LogP contribution in [0.1, 0.15) is 34.0 Å². The van der Waals surface area contributed by atoms with Gasteiger partial charge in [0.1, 0.15) is 11.6 Å². The van der Waals surface area contributed by atoms with Crippen LogP contribution in [0, 0.1) is 28.7 Å². The van der Waals surface area contributed by atoms with Crippen molar-refractivity contribution in [3.05, 3.63) is 86.0 Å². The van der Waals surface area contributed by atoms with Gasteiger partial charge in [-0.2, -0.15) is 5.26 Å². The average Bonchev–Trinajstić information content (AvgIpc) is 2.93. The SMILES string of the molecule is CCOc1cc(/C=C(/C#N)C(=O)Nc2ccc(C(=O)OC)cc2)cc(I)c1OCC(=O)Nc1cccc(C)c1C. The third-order valence-corrected chi connectivity index (χ3v) is 6.60. The first-order valence-corrected chi connectivity index (χ1v) is 13.3.